The molecule has 0 heterocycles. The molecule has 0 saturated heterocycles. The fourth-order valence-electron chi connectivity index (χ4n) is 1.90. The molecule has 2 heteroatoms. The van der Waals surface area contributed by atoms with Crippen LogP contribution in [0, 0.1) is 6.92 Å². The normalized spacial score (nSPS) is 10.6. The Hall–Kier alpha value is -1.25. The average Bonchev–Trinajstić information content (AvgIpc) is 2.41. The molecule has 0 aliphatic heterocycles. The first kappa shape index (κ1) is 14.2. The molecule has 0 spiro atoms. The summed E-state index contributed by atoms with van der Waals surface area (Å²) < 4.78 is 0. The predicted molar refractivity (Wildman–Crippen MR) is 83.7 cm³/mol. The van der Waals surface area contributed by atoms with Crippen LogP contribution < -0.4 is 5.32 Å². The summed E-state index contributed by atoms with van der Waals surface area (Å²) in [5, 5.41) is 3.42. The van der Waals surface area contributed by atoms with Gasteiger partial charge in [-0.25, -0.2) is 0 Å². The van der Waals surface area contributed by atoms with Gasteiger partial charge in [-0.1, -0.05) is 48.5 Å². The minimum absolute atomic E-state index is 0.962. The van der Waals surface area contributed by atoms with E-state index < -0.39 is 0 Å². The van der Waals surface area contributed by atoms with E-state index in [-0.39, 0.29) is 0 Å². The van der Waals surface area contributed by atoms with Crippen LogP contribution in [0.25, 0.3) is 0 Å². The Morgan fingerprint density at radius 2 is 1.79 bits per heavy atom. The summed E-state index contributed by atoms with van der Waals surface area (Å²) in [5.74, 6) is 0. The van der Waals surface area contributed by atoms with E-state index >= 15 is 0 Å². The Kier molecular flexibility index (Phi) is 5.49. The first-order valence-corrected chi connectivity index (χ1v) is 7.64. The Bertz CT molecular complexity index is 505. The zero-order valence-corrected chi connectivity index (χ0v) is 12.5. The second-order valence-corrected chi connectivity index (χ2v) is 5.89. The van der Waals surface area contributed by atoms with Crippen molar-refractivity contribution in [2.75, 3.05) is 6.54 Å². The van der Waals surface area contributed by atoms with Gasteiger partial charge in [-0.15, -0.1) is 0 Å². The van der Waals surface area contributed by atoms with Gasteiger partial charge in [0.2, 0.25) is 0 Å². The van der Waals surface area contributed by atoms with Gasteiger partial charge in [-0.3, -0.25) is 0 Å². The van der Waals surface area contributed by atoms with E-state index in [2.05, 4.69) is 67.7 Å². The average molecular weight is 271 g/mol. The predicted octanol–water partition coefficient (Wildman–Crippen LogP) is 4.65. The minimum atomic E-state index is 0.962. The van der Waals surface area contributed by atoms with Crippen LogP contribution >= 0.6 is 11.8 Å². The lowest BCUT2D eigenvalue weighted by Gasteiger charge is -2.06. The molecule has 1 N–H and O–H groups in total. The monoisotopic (exact) mass is 271 g/mol. The van der Waals surface area contributed by atoms with Crippen molar-refractivity contribution >= 4 is 11.8 Å². The van der Waals surface area contributed by atoms with Gasteiger partial charge in [0.15, 0.2) is 0 Å². The van der Waals surface area contributed by atoms with Crippen molar-refractivity contribution in [3.8, 4) is 0 Å². The molecule has 2 rings (SSSR count). The lowest BCUT2D eigenvalue weighted by Crippen LogP contribution is -2.13. The van der Waals surface area contributed by atoms with Crippen molar-refractivity contribution in [1.29, 1.82) is 0 Å². The lowest BCUT2D eigenvalue weighted by molar-refractivity contribution is 0.675. The molecular weight excluding hydrogens is 250 g/mol. The number of aryl methyl sites for hydroxylation is 1. The summed E-state index contributed by atoms with van der Waals surface area (Å²) in [7, 11) is 0. The van der Waals surface area contributed by atoms with Crippen LogP contribution in [0.3, 0.4) is 0 Å². The van der Waals surface area contributed by atoms with E-state index in [4.69, 9.17) is 0 Å². The van der Waals surface area contributed by atoms with Crippen LogP contribution in [-0.4, -0.2) is 6.54 Å². The van der Waals surface area contributed by atoms with Gasteiger partial charge in [-0.05, 0) is 49.7 Å². The van der Waals surface area contributed by atoms with Crippen molar-refractivity contribution < 1.29 is 0 Å². The van der Waals surface area contributed by atoms with Gasteiger partial charge in [-0.2, -0.15) is 0 Å². The number of hydrogen-bond acceptors (Lipinski definition) is 2. The zero-order valence-electron chi connectivity index (χ0n) is 11.6. The molecule has 0 amide bonds. The van der Waals surface area contributed by atoms with Crippen molar-refractivity contribution in [3.63, 3.8) is 0 Å². The van der Waals surface area contributed by atoms with Crippen LogP contribution in [0.4, 0.5) is 0 Å². The van der Waals surface area contributed by atoms with Crippen molar-refractivity contribution in [2.24, 2.45) is 0 Å². The smallest absolute Gasteiger partial charge is 0.0205 e. The fourth-order valence-corrected chi connectivity index (χ4v) is 2.84. The number of nitrogens with one attached hydrogen (secondary N) is 1. The van der Waals surface area contributed by atoms with Crippen LogP contribution in [0.5, 0.6) is 0 Å². The largest absolute Gasteiger partial charge is 0.313 e. The molecule has 0 aliphatic carbocycles. The molecule has 19 heavy (non-hydrogen) atoms. The SMILES string of the molecule is CCCNCc1ccc(Sc2cccc(C)c2)cc1. The highest BCUT2D eigenvalue weighted by Gasteiger charge is 1.98. The summed E-state index contributed by atoms with van der Waals surface area (Å²) in [6.07, 6.45) is 1.18. The van der Waals surface area contributed by atoms with Gasteiger partial charge < -0.3 is 5.32 Å². The molecule has 2 aromatic carbocycles. The summed E-state index contributed by atoms with van der Waals surface area (Å²) >= 11 is 1.82. The van der Waals surface area contributed by atoms with Crippen LogP contribution in [0.15, 0.2) is 58.3 Å². The fraction of sp³-hybridized carbons (Fsp3) is 0.294. The molecule has 0 aliphatic rings. The maximum atomic E-state index is 3.42. The Morgan fingerprint density at radius 1 is 1.00 bits per heavy atom. The highest BCUT2D eigenvalue weighted by Crippen LogP contribution is 2.28. The second-order valence-electron chi connectivity index (χ2n) is 4.74. The quantitative estimate of drug-likeness (QED) is 0.768. The molecule has 0 saturated carbocycles. The highest BCUT2D eigenvalue weighted by molar-refractivity contribution is 7.99. The lowest BCUT2D eigenvalue weighted by atomic mass is 10.2. The highest BCUT2D eigenvalue weighted by atomic mass is 32.2. The van der Waals surface area contributed by atoms with E-state index in [1.165, 1.54) is 27.3 Å². The van der Waals surface area contributed by atoms with Crippen LogP contribution in [-0.2, 0) is 6.54 Å². The van der Waals surface area contributed by atoms with E-state index in [1.807, 2.05) is 11.8 Å². The van der Waals surface area contributed by atoms with E-state index in [9.17, 15) is 0 Å². The third kappa shape index (κ3) is 4.73. The first-order chi connectivity index (χ1) is 9.28. The molecule has 2 aromatic rings. The van der Waals surface area contributed by atoms with Crippen molar-refractivity contribution in [1.82, 2.24) is 5.32 Å². The number of rotatable bonds is 6. The number of benzene rings is 2. The summed E-state index contributed by atoms with van der Waals surface area (Å²) in [4.78, 5) is 2.60. The molecule has 0 unspecified atom stereocenters. The summed E-state index contributed by atoms with van der Waals surface area (Å²) in [6.45, 7) is 6.37. The van der Waals surface area contributed by atoms with Gasteiger partial charge in [0.25, 0.3) is 0 Å². The Balaban J connectivity index is 1.95. The van der Waals surface area contributed by atoms with Crippen LogP contribution in [0.1, 0.15) is 24.5 Å². The standard InChI is InChI=1S/C17H21NS/c1-3-11-18-13-15-7-9-16(10-8-15)19-17-6-4-5-14(2)12-17/h4-10,12,18H,3,11,13H2,1-2H3. The van der Waals surface area contributed by atoms with Crippen molar-refractivity contribution in [2.45, 2.75) is 36.6 Å². The summed E-state index contributed by atoms with van der Waals surface area (Å²) in [5.41, 5.74) is 2.66. The van der Waals surface area contributed by atoms with E-state index in [1.54, 1.807) is 0 Å². The van der Waals surface area contributed by atoms with E-state index in [0.29, 0.717) is 0 Å². The molecule has 0 fully saturated rings. The first-order valence-electron chi connectivity index (χ1n) is 6.82. The topological polar surface area (TPSA) is 12.0 Å². The number of hydrogen-bond donors (Lipinski definition) is 1. The molecule has 0 atom stereocenters. The second kappa shape index (κ2) is 7.37. The minimum Gasteiger partial charge on any atom is -0.313 e. The molecule has 0 bridgehead atoms. The zero-order chi connectivity index (χ0) is 13.5. The van der Waals surface area contributed by atoms with Gasteiger partial charge in [0.05, 0.1) is 0 Å². The van der Waals surface area contributed by atoms with Gasteiger partial charge in [0.1, 0.15) is 0 Å². The van der Waals surface area contributed by atoms with Crippen LogP contribution in [0.2, 0.25) is 0 Å². The molecule has 1 nitrogen and oxygen atoms in total. The summed E-state index contributed by atoms with van der Waals surface area (Å²) in [6, 6.07) is 17.5. The van der Waals surface area contributed by atoms with E-state index in [0.717, 1.165) is 13.1 Å². The third-order valence-corrected chi connectivity index (χ3v) is 3.90. The Morgan fingerprint density at radius 3 is 2.47 bits per heavy atom. The molecular formula is C17H21NS. The maximum Gasteiger partial charge on any atom is 0.0205 e. The molecule has 0 radical (unpaired) electrons. The Labute approximate surface area is 120 Å². The van der Waals surface area contributed by atoms with Gasteiger partial charge >= 0.3 is 0 Å². The molecule has 0 aromatic heterocycles. The van der Waals surface area contributed by atoms with Gasteiger partial charge in [0, 0.05) is 16.3 Å². The molecule has 100 valence electrons. The van der Waals surface area contributed by atoms with Crippen molar-refractivity contribution in [3.05, 3.63) is 59.7 Å². The third-order valence-electron chi connectivity index (χ3n) is 2.90. The maximum absolute atomic E-state index is 3.42.